The van der Waals surface area contributed by atoms with Gasteiger partial charge in [-0.25, -0.2) is 18.2 Å². The molecule has 0 bridgehead atoms. The van der Waals surface area contributed by atoms with E-state index in [9.17, 15) is 18.0 Å². The van der Waals surface area contributed by atoms with Gasteiger partial charge in [0.1, 0.15) is 12.6 Å². The molecular weight excluding hydrogens is 548 g/mol. The minimum atomic E-state index is -3.70. The van der Waals surface area contributed by atoms with Gasteiger partial charge in [-0.05, 0) is 49.6 Å². The van der Waals surface area contributed by atoms with Crippen molar-refractivity contribution in [1.29, 1.82) is 0 Å². The third-order valence-electron chi connectivity index (χ3n) is 6.49. The topological polar surface area (TPSA) is 118 Å². The van der Waals surface area contributed by atoms with Crippen molar-refractivity contribution in [3.05, 3.63) is 95.4 Å². The fourth-order valence-electron chi connectivity index (χ4n) is 4.35. The van der Waals surface area contributed by atoms with E-state index in [1.165, 1.54) is 16.2 Å². The molecular formula is C29H28N4O5S2. The summed E-state index contributed by atoms with van der Waals surface area (Å²) in [5, 5.41) is 5.04. The van der Waals surface area contributed by atoms with E-state index in [1.54, 1.807) is 48.5 Å². The summed E-state index contributed by atoms with van der Waals surface area (Å²) >= 11 is 1.27. The number of hydrogen-bond donors (Lipinski definition) is 2. The molecule has 2 N–H and O–H groups in total. The highest BCUT2D eigenvalue weighted by Gasteiger charge is 2.35. The number of amides is 2. The lowest BCUT2D eigenvalue weighted by molar-refractivity contribution is -0.120. The molecule has 1 saturated heterocycles. The number of likely N-dealkylation sites (tertiary alicyclic amines) is 1. The lowest BCUT2D eigenvalue weighted by Gasteiger charge is -2.22. The van der Waals surface area contributed by atoms with Gasteiger partial charge in [0.15, 0.2) is 5.13 Å². The summed E-state index contributed by atoms with van der Waals surface area (Å²) in [7, 11) is -3.70. The third-order valence-corrected chi connectivity index (χ3v) is 8.65. The molecule has 1 fully saturated rings. The summed E-state index contributed by atoms with van der Waals surface area (Å²) in [6.07, 6.45) is 0.742. The van der Waals surface area contributed by atoms with E-state index < -0.39 is 22.2 Å². The SMILES string of the molecule is Cc1ccc(S(=O)(=O)Nc2ccc(-c3csc(NC(=O)[C@H]4CCCN4C(=O)OCc4ccccc4)n3)cc2)cc1. The van der Waals surface area contributed by atoms with Gasteiger partial charge in [-0.2, -0.15) is 0 Å². The maximum Gasteiger partial charge on any atom is 0.410 e. The Kier molecular flexibility index (Phi) is 8.13. The maximum atomic E-state index is 13.0. The molecule has 0 saturated carbocycles. The van der Waals surface area contributed by atoms with Gasteiger partial charge in [0.25, 0.3) is 10.0 Å². The Labute approximate surface area is 236 Å². The maximum absolute atomic E-state index is 13.0. The average molecular weight is 577 g/mol. The van der Waals surface area contributed by atoms with Crippen molar-refractivity contribution in [2.45, 2.75) is 37.3 Å². The van der Waals surface area contributed by atoms with Crippen molar-refractivity contribution in [3.8, 4) is 11.3 Å². The molecule has 9 nitrogen and oxygen atoms in total. The van der Waals surface area contributed by atoms with Crippen molar-refractivity contribution in [1.82, 2.24) is 9.88 Å². The summed E-state index contributed by atoms with van der Waals surface area (Å²) in [6, 6.07) is 22.2. The van der Waals surface area contributed by atoms with Crippen LogP contribution in [-0.2, 0) is 26.2 Å². The van der Waals surface area contributed by atoms with Crippen LogP contribution in [-0.4, -0.2) is 42.9 Å². The molecule has 206 valence electrons. The highest BCUT2D eigenvalue weighted by molar-refractivity contribution is 7.92. The minimum Gasteiger partial charge on any atom is -0.445 e. The molecule has 1 aromatic heterocycles. The van der Waals surface area contributed by atoms with Crippen LogP contribution in [0.25, 0.3) is 11.3 Å². The first-order chi connectivity index (χ1) is 19.3. The third kappa shape index (κ3) is 6.49. The number of anilines is 2. The smallest absolute Gasteiger partial charge is 0.410 e. The fourth-order valence-corrected chi connectivity index (χ4v) is 6.13. The summed E-state index contributed by atoms with van der Waals surface area (Å²) in [4.78, 5) is 31.8. The van der Waals surface area contributed by atoms with Crippen LogP contribution in [0.5, 0.6) is 0 Å². The van der Waals surface area contributed by atoms with Crippen LogP contribution in [0.1, 0.15) is 24.0 Å². The zero-order valence-electron chi connectivity index (χ0n) is 21.7. The first-order valence-corrected chi connectivity index (χ1v) is 15.1. The van der Waals surface area contributed by atoms with Crippen LogP contribution in [0.3, 0.4) is 0 Å². The number of rotatable bonds is 8. The normalized spacial score (nSPS) is 15.0. The number of nitrogens with zero attached hydrogens (tertiary/aromatic N) is 2. The number of ether oxygens (including phenoxy) is 1. The number of aromatic nitrogens is 1. The second-order valence-electron chi connectivity index (χ2n) is 9.41. The van der Waals surface area contributed by atoms with Crippen LogP contribution in [0, 0.1) is 6.92 Å². The Balaban J connectivity index is 1.18. The van der Waals surface area contributed by atoms with Crippen LogP contribution in [0.15, 0.2) is 89.1 Å². The Hall–Kier alpha value is -4.22. The van der Waals surface area contributed by atoms with E-state index in [1.807, 2.05) is 42.6 Å². The quantitative estimate of drug-likeness (QED) is 0.280. The number of benzene rings is 3. The number of carbonyl (C=O) groups is 2. The van der Waals surface area contributed by atoms with Crippen LogP contribution in [0.2, 0.25) is 0 Å². The predicted octanol–water partition coefficient (Wildman–Crippen LogP) is 5.66. The van der Waals surface area contributed by atoms with Crippen molar-refractivity contribution in [2.75, 3.05) is 16.6 Å². The molecule has 1 aliphatic rings. The molecule has 1 aliphatic heterocycles. The number of aryl methyl sites for hydroxylation is 1. The summed E-state index contributed by atoms with van der Waals surface area (Å²) < 4.78 is 33.3. The van der Waals surface area contributed by atoms with Crippen LogP contribution >= 0.6 is 11.3 Å². The van der Waals surface area contributed by atoms with E-state index in [0.717, 1.165) is 16.7 Å². The monoisotopic (exact) mass is 576 g/mol. The Morgan fingerprint density at radius 1 is 1.02 bits per heavy atom. The second-order valence-corrected chi connectivity index (χ2v) is 12.0. The van der Waals surface area contributed by atoms with E-state index in [2.05, 4.69) is 15.0 Å². The molecule has 5 rings (SSSR count). The molecule has 0 aliphatic carbocycles. The minimum absolute atomic E-state index is 0.145. The second kappa shape index (κ2) is 11.9. The molecule has 4 aromatic rings. The van der Waals surface area contributed by atoms with Crippen molar-refractivity contribution < 1.29 is 22.7 Å². The molecule has 0 unspecified atom stereocenters. The molecule has 2 amide bonds. The molecule has 11 heteroatoms. The number of nitrogens with one attached hydrogen (secondary N) is 2. The predicted molar refractivity (Wildman–Crippen MR) is 155 cm³/mol. The Morgan fingerprint density at radius 2 is 1.75 bits per heavy atom. The number of thiazole rings is 1. The van der Waals surface area contributed by atoms with Crippen LogP contribution < -0.4 is 10.0 Å². The summed E-state index contributed by atoms with van der Waals surface area (Å²) in [6.45, 7) is 2.49. The molecule has 3 aromatic carbocycles. The van der Waals surface area contributed by atoms with Gasteiger partial charge in [0.05, 0.1) is 10.6 Å². The van der Waals surface area contributed by atoms with Crippen LogP contribution in [0.4, 0.5) is 15.6 Å². The molecule has 2 heterocycles. The van der Waals surface area contributed by atoms with Gasteiger partial charge in [-0.3, -0.25) is 14.4 Å². The zero-order valence-corrected chi connectivity index (χ0v) is 23.4. The standard InChI is InChI=1S/C29H28N4O5S2/c1-20-9-15-24(16-10-20)40(36,37)32-23-13-11-22(12-14-23)25-19-39-28(30-25)31-27(34)26-8-5-17-33(26)29(35)38-18-21-6-3-2-4-7-21/h2-4,6-7,9-16,19,26,32H,5,8,17-18H2,1H3,(H,30,31,34)/t26-/m1/s1. The van der Waals surface area contributed by atoms with Gasteiger partial charge in [0.2, 0.25) is 5.91 Å². The summed E-state index contributed by atoms with van der Waals surface area (Å²) in [5.74, 6) is -0.309. The Morgan fingerprint density at radius 3 is 2.48 bits per heavy atom. The van der Waals surface area contributed by atoms with Gasteiger partial charge in [-0.15, -0.1) is 11.3 Å². The highest BCUT2D eigenvalue weighted by Crippen LogP contribution is 2.28. The van der Waals surface area contributed by atoms with Crippen molar-refractivity contribution in [3.63, 3.8) is 0 Å². The van der Waals surface area contributed by atoms with E-state index in [0.29, 0.717) is 35.9 Å². The molecule has 1 atom stereocenters. The highest BCUT2D eigenvalue weighted by atomic mass is 32.2. The number of carbonyl (C=O) groups excluding carboxylic acids is 2. The first-order valence-electron chi connectivity index (χ1n) is 12.7. The van der Waals surface area contributed by atoms with E-state index in [-0.39, 0.29) is 17.4 Å². The van der Waals surface area contributed by atoms with Crippen molar-refractivity contribution in [2.24, 2.45) is 0 Å². The Bertz CT molecular complexity index is 1590. The molecule has 0 radical (unpaired) electrons. The number of sulfonamides is 1. The molecule has 0 spiro atoms. The van der Waals surface area contributed by atoms with E-state index in [4.69, 9.17) is 4.74 Å². The number of hydrogen-bond acceptors (Lipinski definition) is 7. The molecule has 40 heavy (non-hydrogen) atoms. The first kappa shape index (κ1) is 27.4. The van der Waals surface area contributed by atoms with Gasteiger partial charge in [0, 0.05) is 23.2 Å². The lowest BCUT2D eigenvalue weighted by atomic mass is 10.1. The van der Waals surface area contributed by atoms with E-state index >= 15 is 0 Å². The van der Waals surface area contributed by atoms with Gasteiger partial charge < -0.3 is 10.1 Å². The summed E-state index contributed by atoms with van der Waals surface area (Å²) in [5.41, 5.74) is 3.68. The van der Waals surface area contributed by atoms with Gasteiger partial charge >= 0.3 is 6.09 Å². The largest absolute Gasteiger partial charge is 0.445 e. The fraction of sp³-hybridized carbons (Fsp3) is 0.207. The average Bonchev–Trinajstić information content (AvgIpc) is 3.63. The lowest BCUT2D eigenvalue weighted by Crippen LogP contribution is -2.43. The zero-order chi connectivity index (χ0) is 28.1. The van der Waals surface area contributed by atoms with Crippen molar-refractivity contribution >= 4 is 44.2 Å². The van der Waals surface area contributed by atoms with Gasteiger partial charge in [-0.1, -0.05) is 60.2 Å².